The summed E-state index contributed by atoms with van der Waals surface area (Å²) in [5.41, 5.74) is 4.06. The molecule has 2 aromatic rings. The molecular formula is C19H23NO. The molecule has 0 aromatic heterocycles. The van der Waals surface area contributed by atoms with Crippen molar-refractivity contribution < 1.29 is 5.11 Å². The molecular weight excluding hydrogens is 258 g/mol. The van der Waals surface area contributed by atoms with Crippen LogP contribution in [-0.2, 0) is 6.42 Å². The molecule has 110 valence electrons. The van der Waals surface area contributed by atoms with E-state index in [1.54, 1.807) is 6.07 Å². The van der Waals surface area contributed by atoms with Gasteiger partial charge in [-0.15, -0.1) is 0 Å². The van der Waals surface area contributed by atoms with Gasteiger partial charge in [-0.1, -0.05) is 37.3 Å². The van der Waals surface area contributed by atoms with E-state index in [9.17, 15) is 5.11 Å². The van der Waals surface area contributed by atoms with Gasteiger partial charge in [0, 0.05) is 24.7 Å². The fraction of sp³-hybridized carbons (Fsp3) is 0.368. The van der Waals surface area contributed by atoms with Crippen molar-refractivity contribution in [2.24, 2.45) is 0 Å². The second-order valence-corrected chi connectivity index (χ2v) is 5.86. The van der Waals surface area contributed by atoms with E-state index in [1.807, 2.05) is 12.1 Å². The molecule has 1 unspecified atom stereocenters. The van der Waals surface area contributed by atoms with Crippen LogP contribution in [0, 0.1) is 0 Å². The minimum Gasteiger partial charge on any atom is -0.508 e. The van der Waals surface area contributed by atoms with Crippen molar-refractivity contribution in [3.8, 4) is 5.75 Å². The van der Waals surface area contributed by atoms with E-state index in [0.29, 0.717) is 11.7 Å². The molecule has 1 saturated heterocycles. The molecule has 3 rings (SSSR count). The molecule has 1 atom stereocenters. The van der Waals surface area contributed by atoms with Crippen molar-refractivity contribution >= 4 is 5.69 Å². The average molecular weight is 281 g/mol. The maximum absolute atomic E-state index is 9.70. The first-order chi connectivity index (χ1) is 10.3. The summed E-state index contributed by atoms with van der Waals surface area (Å²) >= 11 is 0. The number of rotatable bonds is 3. The van der Waals surface area contributed by atoms with Gasteiger partial charge in [-0.05, 0) is 48.6 Å². The van der Waals surface area contributed by atoms with Gasteiger partial charge in [0.15, 0.2) is 0 Å². The number of piperidine rings is 1. The number of aryl methyl sites for hydroxylation is 1. The fourth-order valence-electron chi connectivity index (χ4n) is 3.37. The number of aromatic hydroxyl groups is 1. The Kier molecular flexibility index (Phi) is 4.14. The maximum Gasteiger partial charge on any atom is 0.115 e. The maximum atomic E-state index is 9.70. The largest absolute Gasteiger partial charge is 0.508 e. The Morgan fingerprint density at radius 2 is 2.00 bits per heavy atom. The number of hydrogen-bond donors (Lipinski definition) is 1. The van der Waals surface area contributed by atoms with Crippen LogP contribution in [0.15, 0.2) is 48.5 Å². The van der Waals surface area contributed by atoms with Crippen molar-refractivity contribution in [2.75, 3.05) is 18.0 Å². The van der Waals surface area contributed by atoms with Crippen LogP contribution in [0.2, 0.25) is 0 Å². The number of phenolic OH excluding ortho intramolecular Hbond substituents is 1. The van der Waals surface area contributed by atoms with Gasteiger partial charge in [0.2, 0.25) is 0 Å². The van der Waals surface area contributed by atoms with Gasteiger partial charge in [-0.2, -0.15) is 0 Å². The third kappa shape index (κ3) is 3.05. The molecule has 21 heavy (non-hydrogen) atoms. The van der Waals surface area contributed by atoms with Crippen LogP contribution < -0.4 is 4.90 Å². The number of nitrogens with zero attached hydrogens (tertiary/aromatic N) is 1. The molecule has 0 radical (unpaired) electrons. The summed E-state index contributed by atoms with van der Waals surface area (Å²) in [4.78, 5) is 2.51. The highest BCUT2D eigenvalue weighted by Gasteiger charge is 2.22. The Labute approximate surface area is 127 Å². The van der Waals surface area contributed by atoms with E-state index in [0.717, 1.165) is 19.5 Å². The van der Waals surface area contributed by atoms with E-state index in [2.05, 4.69) is 42.2 Å². The number of anilines is 1. The van der Waals surface area contributed by atoms with Crippen LogP contribution in [-0.4, -0.2) is 18.2 Å². The number of benzene rings is 2. The lowest BCUT2D eigenvalue weighted by Crippen LogP contribution is -2.34. The van der Waals surface area contributed by atoms with Crippen LogP contribution >= 0.6 is 0 Å². The summed E-state index contributed by atoms with van der Waals surface area (Å²) in [7, 11) is 0. The summed E-state index contributed by atoms with van der Waals surface area (Å²) < 4.78 is 0. The van der Waals surface area contributed by atoms with E-state index < -0.39 is 0 Å². The molecule has 0 amide bonds. The van der Waals surface area contributed by atoms with Gasteiger partial charge < -0.3 is 10.0 Å². The molecule has 0 bridgehead atoms. The first-order valence-electron chi connectivity index (χ1n) is 7.89. The Hall–Kier alpha value is -1.96. The lowest BCUT2D eigenvalue weighted by atomic mass is 9.90. The summed E-state index contributed by atoms with van der Waals surface area (Å²) in [6.07, 6.45) is 3.48. The van der Waals surface area contributed by atoms with Crippen LogP contribution in [0.5, 0.6) is 5.75 Å². The lowest BCUT2D eigenvalue weighted by molar-refractivity contribution is 0.469. The van der Waals surface area contributed by atoms with Crippen molar-refractivity contribution in [1.29, 1.82) is 0 Å². The van der Waals surface area contributed by atoms with Gasteiger partial charge in [-0.3, -0.25) is 0 Å². The topological polar surface area (TPSA) is 23.5 Å². The molecule has 1 aliphatic heterocycles. The van der Waals surface area contributed by atoms with Gasteiger partial charge in [0.1, 0.15) is 5.75 Å². The lowest BCUT2D eigenvalue weighted by Gasteiger charge is -2.36. The normalized spacial score (nSPS) is 18.7. The van der Waals surface area contributed by atoms with Crippen molar-refractivity contribution in [3.63, 3.8) is 0 Å². The summed E-state index contributed by atoms with van der Waals surface area (Å²) in [6, 6.07) is 16.5. The first kappa shape index (κ1) is 14.0. The van der Waals surface area contributed by atoms with E-state index in [4.69, 9.17) is 0 Å². The molecule has 2 heteroatoms. The standard InChI is InChI=1S/C19H23NO/c1-2-15-7-3-4-11-19(15)20-12-6-9-17(14-20)16-8-5-10-18(21)13-16/h3-5,7-8,10-11,13,17,21H,2,6,9,12,14H2,1H3. The zero-order valence-corrected chi connectivity index (χ0v) is 12.6. The second kappa shape index (κ2) is 6.21. The number of phenols is 1. The third-order valence-corrected chi connectivity index (χ3v) is 4.48. The Morgan fingerprint density at radius 1 is 1.14 bits per heavy atom. The van der Waals surface area contributed by atoms with Crippen molar-refractivity contribution in [2.45, 2.75) is 32.1 Å². The van der Waals surface area contributed by atoms with Crippen LogP contribution in [0.1, 0.15) is 36.8 Å². The van der Waals surface area contributed by atoms with E-state index in [1.165, 1.54) is 29.7 Å². The highest BCUT2D eigenvalue weighted by Crippen LogP contribution is 2.32. The number of para-hydroxylation sites is 1. The summed E-state index contributed by atoms with van der Waals surface area (Å²) in [5.74, 6) is 0.884. The predicted molar refractivity (Wildman–Crippen MR) is 88.1 cm³/mol. The van der Waals surface area contributed by atoms with E-state index >= 15 is 0 Å². The minimum atomic E-state index is 0.374. The highest BCUT2D eigenvalue weighted by atomic mass is 16.3. The average Bonchev–Trinajstić information content (AvgIpc) is 2.55. The molecule has 0 spiro atoms. The molecule has 1 fully saturated rings. The SMILES string of the molecule is CCc1ccccc1N1CCCC(c2cccc(O)c2)C1. The van der Waals surface area contributed by atoms with Crippen LogP contribution in [0.4, 0.5) is 5.69 Å². The van der Waals surface area contributed by atoms with Gasteiger partial charge in [0.25, 0.3) is 0 Å². The zero-order chi connectivity index (χ0) is 14.7. The predicted octanol–water partition coefficient (Wildman–Crippen LogP) is 4.34. The summed E-state index contributed by atoms with van der Waals surface area (Å²) in [6.45, 7) is 4.39. The molecule has 0 saturated carbocycles. The molecule has 1 N–H and O–H groups in total. The van der Waals surface area contributed by atoms with Crippen LogP contribution in [0.3, 0.4) is 0 Å². The number of hydrogen-bond acceptors (Lipinski definition) is 2. The van der Waals surface area contributed by atoms with Gasteiger partial charge in [0.05, 0.1) is 0 Å². The van der Waals surface area contributed by atoms with Crippen molar-refractivity contribution in [1.82, 2.24) is 0 Å². The van der Waals surface area contributed by atoms with Gasteiger partial charge in [-0.25, -0.2) is 0 Å². The minimum absolute atomic E-state index is 0.374. The third-order valence-electron chi connectivity index (χ3n) is 4.48. The second-order valence-electron chi connectivity index (χ2n) is 5.86. The smallest absolute Gasteiger partial charge is 0.115 e. The molecule has 1 heterocycles. The fourth-order valence-corrected chi connectivity index (χ4v) is 3.37. The van der Waals surface area contributed by atoms with E-state index in [-0.39, 0.29) is 0 Å². The van der Waals surface area contributed by atoms with Crippen molar-refractivity contribution in [3.05, 3.63) is 59.7 Å². The Bertz CT molecular complexity index is 608. The molecule has 0 aliphatic carbocycles. The monoisotopic (exact) mass is 281 g/mol. The molecule has 2 nitrogen and oxygen atoms in total. The quantitative estimate of drug-likeness (QED) is 0.904. The highest BCUT2D eigenvalue weighted by molar-refractivity contribution is 5.54. The summed E-state index contributed by atoms with van der Waals surface area (Å²) in [5, 5.41) is 9.70. The van der Waals surface area contributed by atoms with Gasteiger partial charge >= 0.3 is 0 Å². The molecule has 2 aromatic carbocycles. The zero-order valence-electron chi connectivity index (χ0n) is 12.6. The molecule has 1 aliphatic rings. The first-order valence-corrected chi connectivity index (χ1v) is 7.89. The Balaban J connectivity index is 1.83. The Morgan fingerprint density at radius 3 is 2.81 bits per heavy atom. The van der Waals surface area contributed by atoms with Crippen LogP contribution in [0.25, 0.3) is 0 Å².